The van der Waals surface area contributed by atoms with Crippen molar-refractivity contribution < 1.29 is 105 Å². The molecule has 0 amide bonds. The van der Waals surface area contributed by atoms with Gasteiger partial charge in [0.2, 0.25) is 49.1 Å². The number of ketones is 2. The largest absolute Gasteiger partial charge is 1.00 e. The predicted octanol–water partition coefficient (Wildman–Crippen LogP) is 1.52. The molecular formula is C52H109Cl3LiN7O19S5. The maximum Gasteiger partial charge on any atom is 1.00 e. The van der Waals surface area contributed by atoms with Crippen molar-refractivity contribution in [2.45, 2.75) is 152 Å². The summed E-state index contributed by atoms with van der Waals surface area (Å²) in [5.74, 6) is -2.73. The van der Waals surface area contributed by atoms with Crippen LogP contribution in [0, 0.1) is 29.6 Å². The van der Waals surface area contributed by atoms with Crippen LogP contribution in [0.25, 0.3) is 0 Å². The van der Waals surface area contributed by atoms with E-state index in [2.05, 4.69) is 58.9 Å². The van der Waals surface area contributed by atoms with Crippen LogP contribution >= 0.6 is 35.5 Å². The molecular weight excluding hydrogens is 1300 g/mol. The molecule has 0 radical (unpaired) electrons. The second kappa shape index (κ2) is 53.1. The van der Waals surface area contributed by atoms with Crippen LogP contribution in [-0.4, -0.2) is 221 Å². The fourth-order valence-electron chi connectivity index (χ4n) is 9.04. The first kappa shape index (κ1) is 99.2. The van der Waals surface area contributed by atoms with Gasteiger partial charge >= 0.3 is 36.8 Å². The van der Waals surface area contributed by atoms with E-state index < -0.39 is 84.3 Å². The number of piperidine rings is 5. The van der Waals surface area contributed by atoms with Crippen molar-refractivity contribution in [3.8, 4) is 0 Å². The van der Waals surface area contributed by atoms with Gasteiger partial charge in [-0.2, -0.15) is 0 Å². The van der Waals surface area contributed by atoms with Crippen LogP contribution in [0.1, 0.15) is 152 Å². The van der Waals surface area contributed by atoms with Crippen LogP contribution in [-0.2, 0) is 82.6 Å². The van der Waals surface area contributed by atoms with Crippen molar-refractivity contribution in [2.24, 2.45) is 41.1 Å². The number of carbonyl (C=O) groups is 5. The van der Waals surface area contributed by atoms with Crippen LogP contribution in [0.2, 0.25) is 0 Å². The molecule has 0 aromatic heterocycles. The Hall–Kier alpha value is -1.35. The van der Waals surface area contributed by atoms with Gasteiger partial charge in [0.15, 0.2) is 17.3 Å². The smallest absolute Gasteiger partial charge is 0.870 e. The number of sulfonamides is 4. The van der Waals surface area contributed by atoms with Crippen LogP contribution in [0.15, 0.2) is 0 Å². The molecule has 5 rings (SSSR count). The summed E-state index contributed by atoms with van der Waals surface area (Å²) in [5, 5.41) is 11.8. The minimum Gasteiger partial charge on any atom is -0.870 e. The predicted molar refractivity (Wildman–Crippen MR) is 343 cm³/mol. The number of nitrogens with zero attached hydrogens (tertiary/aromatic N) is 4. The number of hydrogen-bond acceptors (Lipinski definition) is 21. The van der Waals surface area contributed by atoms with Crippen molar-refractivity contribution in [3.63, 3.8) is 0 Å². The van der Waals surface area contributed by atoms with Crippen LogP contribution in [0.3, 0.4) is 0 Å². The molecule has 87 heavy (non-hydrogen) atoms. The maximum absolute atomic E-state index is 11.9. The monoisotopic (exact) mass is 1410 g/mol. The second-order valence-corrected chi connectivity index (χ2v) is 31.1. The van der Waals surface area contributed by atoms with Crippen molar-refractivity contribution in [3.05, 3.63) is 0 Å². The minimum absolute atomic E-state index is 0. The Morgan fingerprint density at radius 3 is 0.920 bits per heavy atom. The first-order valence-electron chi connectivity index (χ1n) is 28.5. The molecule has 0 bridgehead atoms. The zero-order valence-corrected chi connectivity index (χ0v) is 59.0. The van der Waals surface area contributed by atoms with E-state index in [9.17, 15) is 66.1 Å². The molecule has 35 heteroatoms. The number of Topliss-reactive ketones (excluding diaryl/α,β-unsaturated/α-hetero) is 2. The summed E-state index contributed by atoms with van der Waals surface area (Å²) in [5.41, 5.74) is 10.0. The van der Waals surface area contributed by atoms with Gasteiger partial charge in [-0.05, 0) is 120 Å². The zero-order chi connectivity index (χ0) is 63.3. The van der Waals surface area contributed by atoms with Crippen molar-refractivity contribution >= 4 is 114 Å². The number of hydrogen-bond donors (Lipinski definition) is 4. The summed E-state index contributed by atoms with van der Waals surface area (Å²) < 4.78 is 128. The van der Waals surface area contributed by atoms with E-state index in [0.717, 1.165) is 83.7 Å². The Morgan fingerprint density at radius 1 is 0.471 bits per heavy atom. The molecule has 0 spiro atoms. The topological polar surface area (TPSA) is 402 Å². The number of carboxylic acids is 1. The van der Waals surface area contributed by atoms with Gasteiger partial charge in [-0.3, -0.25) is 24.0 Å². The minimum atomic E-state index is -3.74. The van der Waals surface area contributed by atoms with E-state index in [0.29, 0.717) is 89.0 Å². The Balaban J connectivity index is -0.000000176. The summed E-state index contributed by atoms with van der Waals surface area (Å²) in [7, 11) is -9.05. The van der Waals surface area contributed by atoms with E-state index in [1.807, 2.05) is 0 Å². The Bertz CT molecular complexity index is 2260. The van der Waals surface area contributed by atoms with Crippen molar-refractivity contribution in [1.82, 2.24) is 22.5 Å². The summed E-state index contributed by atoms with van der Waals surface area (Å²) in [4.78, 5) is 53.8. The van der Waals surface area contributed by atoms with Gasteiger partial charge in [-0.1, -0.05) is 74.7 Å². The van der Waals surface area contributed by atoms with Crippen molar-refractivity contribution in [2.75, 3.05) is 122 Å². The molecule has 5 aliphatic rings. The number of rotatable bonds is 21. The SMILES string of the molecule is C.CCC(=O)CS(=O)(=O)N1CCC(CC)CC1.CCC(=O)CS(=O)(=O)N1CCC(CN)CC1.CCC1CCN(S(=O)(=O)CC(=O)O)CC1.CCC1CCN(S(=O)(=O)CC(=O)OC)CC1.CCC1CCNCC1.CN.COC(=O)CS(=O)(=O)Cl.Cl.Cl.[Li+].[OH-]. The molecule has 0 atom stereocenters. The maximum atomic E-state index is 11.9. The molecule has 5 saturated heterocycles. The molecule has 518 valence electrons. The number of methoxy groups -OCH3 is 2. The fraction of sp³-hybridized carbons (Fsp3) is 0.904. The van der Waals surface area contributed by atoms with Gasteiger partial charge in [-0.15, -0.1) is 24.8 Å². The standard InChI is InChI=1S/C11H21NO3S.C10H20N2O3S.C10H19NO4S.C9H17NO4S.C7H15N.C3H5ClO4S.CH5N.CH4.2ClH.Li.H2O/c1-3-10-5-7-12(8-6-10)16(14,15)9-11(13)4-2;1-2-10(13)8-16(14,15)12-5-3-9(7-11)4-6-12;1-3-9-4-6-11(7-5-9)16(13,14)8-10(12)15-2;1-2-8-3-5-10(6-4-8)15(13,14)7-9(11)12;1-2-7-3-5-8-6-4-7;1-8-3(5)2-9(4,6)7;1-2;;;;;/h10H,3-9H2,1-2H3;9H,2-8,11H2,1H3;9H,3-8H2,1-2H3;8H,2-7H2,1H3,(H,11,12);7-8H,2-6H2,1H3;2H2,1H3;2H2,1H3;1H4;2*1H;;1H2/q;;;;;;;;;;+1;/p-1. The molecule has 0 unspecified atom stereocenters. The van der Waals surface area contributed by atoms with Gasteiger partial charge in [0.05, 0.1) is 14.2 Å². The number of carboxylic acid groups (broad SMARTS) is 1. The summed E-state index contributed by atoms with van der Waals surface area (Å²) in [6.45, 7) is 19.3. The second-order valence-electron chi connectivity index (χ2n) is 20.5. The molecule has 5 heterocycles. The van der Waals surface area contributed by atoms with Crippen LogP contribution in [0.5, 0.6) is 0 Å². The average Bonchev–Trinajstić information content (AvgIpc) is 3.56. The van der Waals surface area contributed by atoms with E-state index in [1.54, 1.807) is 13.8 Å². The zero-order valence-electron chi connectivity index (χ0n) is 52.5. The molecule has 7 N–H and O–H groups in total. The Labute approximate surface area is 552 Å². The summed E-state index contributed by atoms with van der Waals surface area (Å²) in [6.07, 6.45) is 14.9. The van der Waals surface area contributed by atoms with Gasteiger partial charge in [0.25, 0.3) is 0 Å². The quantitative estimate of drug-likeness (QED) is 0.0719. The van der Waals surface area contributed by atoms with Crippen molar-refractivity contribution in [1.29, 1.82) is 0 Å². The van der Waals surface area contributed by atoms with E-state index >= 15 is 0 Å². The van der Waals surface area contributed by atoms with Gasteiger partial charge < -0.3 is 36.8 Å². The molecule has 5 aliphatic heterocycles. The first-order chi connectivity index (χ1) is 38.3. The molecule has 5 fully saturated rings. The third-order valence-corrected chi connectivity index (χ3v) is 22.9. The van der Waals surface area contributed by atoms with Gasteiger partial charge in [-0.25, -0.2) is 59.3 Å². The van der Waals surface area contributed by atoms with Crippen LogP contribution in [0.4, 0.5) is 0 Å². The number of carbonyl (C=O) groups excluding carboxylic acids is 4. The number of ether oxygens (including phenoxy) is 2. The molecule has 0 aromatic rings. The Morgan fingerprint density at radius 2 is 0.713 bits per heavy atom. The number of aliphatic carboxylic acids is 1. The van der Waals surface area contributed by atoms with Crippen LogP contribution < -0.4 is 35.6 Å². The number of esters is 2. The van der Waals surface area contributed by atoms with Gasteiger partial charge in [0.1, 0.15) is 23.1 Å². The third kappa shape index (κ3) is 44.8. The third-order valence-electron chi connectivity index (χ3n) is 14.8. The molecule has 26 nitrogen and oxygen atoms in total. The summed E-state index contributed by atoms with van der Waals surface area (Å²) in [6, 6.07) is 0. The fourth-order valence-corrected chi connectivity index (χ4v) is 15.5. The molecule has 0 aliphatic carbocycles. The Kier molecular flexibility index (Phi) is 60.5. The number of halogens is 3. The molecule has 0 aromatic carbocycles. The molecule has 0 saturated carbocycles. The summed E-state index contributed by atoms with van der Waals surface area (Å²) >= 11 is 0. The number of nitrogens with one attached hydrogen (secondary N) is 1. The number of nitrogens with two attached hydrogens (primary N) is 2. The van der Waals surface area contributed by atoms with E-state index in [1.165, 1.54) is 63.7 Å². The van der Waals surface area contributed by atoms with E-state index in [-0.39, 0.29) is 86.1 Å². The normalized spacial score (nSPS) is 17.8. The van der Waals surface area contributed by atoms with Gasteiger partial charge in [0, 0.05) is 75.9 Å². The van der Waals surface area contributed by atoms with E-state index in [4.69, 9.17) is 10.8 Å². The average molecular weight is 1410 g/mol. The first-order valence-corrected chi connectivity index (χ1v) is 37.4.